The molecule has 0 amide bonds. The van der Waals surface area contributed by atoms with Crippen molar-refractivity contribution in [1.82, 2.24) is 0 Å². The first-order valence-electron chi connectivity index (χ1n) is 8.54. The normalized spacial score (nSPS) is 11.1. The van der Waals surface area contributed by atoms with E-state index in [1.807, 2.05) is 6.92 Å². The lowest BCUT2D eigenvalue weighted by Gasteiger charge is -2.11. The Morgan fingerprint density at radius 1 is 0.929 bits per heavy atom. The van der Waals surface area contributed by atoms with Crippen LogP contribution in [-0.2, 0) is 32.4 Å². The van der Waals surface area contributed by atoms with Crippen LogP contribution in [0.25, 0.3) is 0 Å². The zero-order valence-electron chi connectivity index (χ0n) is 15.9. The Kier molecular flexibility index (Phi) is 6.93. The van der Waals surface area contributed by atoms with Crippen LogP contribution >= 0.6 is 0 Å². The fourth-order valence-corrected chi connectivity index (χ4v) is 3.71. The van der Waals surface area contributed by atoms with Gasteiger partial charge >= 0.3 is 11.9 Å². The standard InChI is InChI=1S/C20H22O7S/c1-13-7-10-18(28(23,24)25)15(11-13)6-4-5-14-12-16(19(21)26-2)8-9-17(14)20(22)27-3/h7-12H,4-6H2,1-3H3,(H,23,24,25). The molecule has 0 saturated heterocycles. The van der Waals surface area contributed by atoms with Crippen LogP contribution in [0.2, 0.25) is 0 Å². The minimum Gasteiger partial charge on any atom is -0.465 e. The van der Waals surface area contributed by atoms with Gasteiger partial charge in [0.2, 0.25) is 0 Å². The lowest BCUT2D eigenvalue weighted by molar-refractivity contribution is 0.0585. The Hall–Kier alpha value is -2.71. The molecule has 0 aliphatic rings. The van der Waals surface area contributed by atoms with E-state index in [1.54, 1.807) is 18.2 Å². The maximum atomic E-state index is 12.0. The summed E-state index contributed by atoms with van der Waals surface area (Å²) >= 11 is 0. The van der Waals surface area contributed by atoms with E-state index in [1.165, 1.54) is 32.4 Å². The molecular weight excluding hydrogens is 384 g/mol. The molecule has 2 rings (SSSR count). The fourth-order valence-electron chi connectivity index (χ4n) is 2.98. The largest absolute Gasteiger partial charge is 0.465 e. The first-order chi connectivity index (χ1) is 13.2. The van der Waals surface area contributed by atoms with Crippen LogP contribution in [0.15, 0.2) is 41.3 Å². The molecule has 1 N–H and O–H groups in total. The molecule has 8 heteroatoms. The highest BCUT2D eigenvalue weighted by molar-refractivity contribution is 7.85. The second-order valence-corrected chi connectivity index (χ2v) is 7.68. The number of methoxy groups -OCH3 is 2. The quantitative estimate of drug-likeness (QED) is 0.556. The van der Waals surface area contributed by atoms with E-state index in [4.69, 9.17) is 9.47 Å². The van der Waals surface area contributed by atoms with E-state index < -0.39 is 22.1 Å². The van der Waals surface area contributed by atoms with Crippen LogP contribution in [0, 0.1) is 6.92 Å². The van der Waals surface area contributed by atoms with Crippen molar-refractivity contribution in [3.63, 3.8) is 0 Å². The van der Waals surface area contributed by atoms with Gasteiger partial charge in [-0.1, -0.05) is 17.7 Å². The minimum atomic E-state index is -4.33. The third-order valence-corrected chi connectivity index (χ3v) is 5.27. The van der Waals surface area contributed by atoms with Gasteiger partial charge in [0, 0.05) is 0 Å². The van der Waals surface area contributed by atoms with Gasteiger partial charge in [-0.15, -0.1) is 0 Å². The maximum Gasteiger partial charge on any atom is 0.338 e. The van der Waals surface area contributed by atoms with Crippen molar-refractivity contribution in [2.75, 3.05) is 14.2 Å². The number of carbonyl (C=O) groups excluding carboxylic acids is 2. The molecule has 0 fully saturated rings. The Morgan fingerprint density at radius 2 is 1.57 bits per heavy atom. The Labute approximate surface area is 164 Å². The molecule has 0 aromatic heterocycles. The van der Waals surface area contributed by atoms with Crippen molar-refractivity contribution in [2.24, 2.45) is 0 Å². The van der Waals surface area contributed by atoms with Crippen LogP contribution in [-0.4, -0.2) is 39.1 Å². The lowest BCUT2D eigenvalue weighted by atomic mass is 9.97. The van der Waals surface area contributed by atoms with Crippen molar-refractivity contribution in [2.45, 2.75) is 31.1 Å². The molecule has 0 saturated carbocycles. The second-order valence-electron chi connectivity index (χ2n) is 6.29. The summed E-state index contributed by atoms with van der Waals surface area (Å²) < 4.78 is 42.1. The lowest BCUT2D eigenvalue weighted by Crippen LogP contribution is -2.10. The average molecular weight is 406 g/mol. The van der Waals surface area contributed by atoms with Crippen LogP contribution < -0.4 is 0 Å². The summed E-state index contributed by atoms with van der Waals surface area (Å²) in [6.07, 6.45) is 1.24. The summed E-state index contributed by atoms with van der Waals surface area (Å²) in [4.78, 5) is 23.6. The van der Waals surface area contributed by atoms with Crippen LogP contribution in [0.4, 0.5) is 0 Å². The summed E-state index contributed by atoms with van der Waals surface area (Å²) in [6.45, 7) is 1.83. The predicted molar refractivity (Wildman–Crippen MR) is 102 cm³/mol. The second kappa shape index (κ2) is 8.99. The maximum absolute atomic E-state index is 12.0. The highest BCUT2D eigenvalue weighted by Gasteiger charge is 2.17. The van der Waals surface area contributed by atoms with Gasteiger partial charge in [-0.2, -0.15) is 8.42 Å². The number of carbonyl (C=O) groups is 2. The molecule has 0 bridgehead atoms. The average Bonchev–Trinajstić information content (AvgIpc) is 2.65. The molecule has 2 aromatic carbocycles. The van der Waals surface area contributed by atoms with Crippen LogP contribution in [0.5, 0.6) is 0 Å². The SMILES string of the molecule is COC(=O)c1ccc(C(=O)OC)c(CCCc2cc(C)ccc2S(=O)(=O)O)c1. The summed E-state index contributed by atoms with van der Waals surface area (Å²) in [5, 5.41) is 0. The van der Waals surface area contributed by atoms with Gasteiger partial charge in [0.25, 0.3) is 10.1 Å². The molecule has 2 aromatic rings. The fraction of sp³-hybridized carbons (Fsp3) is 0.300. The van der Waals surface area contributed by atoms with Gasteiger partial charge in [0.1, 0.15) is 0 Å². The number of esters is 2. The molecule has 7 nitrogen and oxygen atoms in total. The van der Waals surface area contributed by atoms with Gasteiger partial charge in [-0.05, 0) is 61.6 Å². The zero-order valence-corrected chi connectivity index (χ0v) is 16.7. The summed E-state index contributed by atoms with van der Waals surface area (Å²) in [5.74, 6) is -1.05. The number of ether oxygens (including phenoxy) is 2. The summed E-state index contributed by atoms with van der Waals surface area (Å²) in [6, 6.07) is 9.25. The van der Waals surface area contributed by atoms with E-state index in [0.717, 1.165) is 5.56 Å². The van der Waals surface area contributed by atoms with E-state index in [2.05, 4.69) is 0 Å². The summed E-state index contributed by atoms with van der Waals surface area (Å²) in [5.41, 5.74) is 2.58. The molecular formula is C20H22O7S. The van der Waals surface area contributed by atoms with Gasteiger partial charge in [-0.25, -0.2) is 9.59 Å². The van der Waals surface area contributed by atoms with E-state index in [-0.39, 0.29) is 4.90 Å². The number of hydrogen-bond donors (Lipinski definition) is 1. The molecule has 0 aliphatic carbocycles. The third-order valence-electron chi connectivity index (χ3n) is 4.32. The summed E-state index contributed by atoms with van der Waals surface area (Å²) in [7, 11) is -1.79. The highest BCUT2D eigenvalue weighted by Crippen LogP contribution is 2.21. The number of benzene rings is 2. The van der Waals surface area contributed by atoms with Crippen molar-refractivity contribution in [1.29, 1.82) is 0 Å². The monoisotopic (exact) mass is 406 g/mol. The van der Waals surface area contributed by atoms with Crippen molar-refractivity contribution >= 4 is 22.1 Å². The van der Waals surface area contributed by atoms with Crippen molar-refractivity contribution in [3.05, 3.63) is 64.2 Å². The van der Waals surface area contributed by atoms with Gasteiger partial charge in [-0.3, -0.25) is 4.55 Å². The van der Waals surface area contributed by atoms with Crippen LogP contribution in [0.3, 0.4) is 0 Å². The Bertz CT molecular complexity index is 994. The predicted octanol–water partition coefficient (Wildman–Crippen LogP) is 2.99. The smallest absolute Gasteiger partial charge is 0.338 e. The Morgan fingerprint density at radius 3 is 2.18 bits per heavy atom. The number of hydrogen-bond acceptors (Lipinski definition) is 6. The van der Waals surface area contributed by atoms with Gasteiger partial charge < -0.3 is 9.47 Å². The molecule has 0 radical (unpaired) electrons. The van der Waals surface area contributed by atoms with Crippen molar-refractivity contribution < 1.29 is 32.0 Å². The topological polar surface area (TPSA) is 107 Å². The molecule has 0 atom stereocenters. The molecule has 0 aliphatic heterocycles. The first kappa shape index (κ1) is 21.6. The van der Waals surface area contributed by atoms with E-state index in [9.17, 15) is 22.6 Å². The molecule has 0 spiro atoms. The third kappa shape index (κ3) is 5.17. The van der Waals surface area contributed by atoms with Gasteiger partial charge in [0.15, 0.2) is 0 Å². The zero-order chi connectivity index (χ0) is 20.9. The molecule has 0 unspecified atom stereocenters. The van der Waals surface area contributed by atoms with Gasteiger partial charge in [0.05, 0.1) is 30.2 Å². The minimum absolute atomic E-state index is 0.130. The highest BCUT2D eigenvalue weighted by atomic mass is 32.2. The number of rotatable bonds is 7. The van der Waals surface area contributed by atoms with Crippen molar-refractivity contribution in [3.8, 4) is 0 Å². The van der Waals surface area contributed by atoms with E-state index >= 15 is 0 Å². The molecule has 150 valence electrons. The van der Waals surface area contributed by atoms with Crippen LogP contribution in [0.1, 0.15) is 43.8 Å². The van der Waals surface area contributed by atoms with E-state index in [0.29, 0.717) is 41.5 Å². The molecule has 28 heavy (non-hydrogen) atoms. The Balaban J connectivity index is 2.28. The molecule has 0 heterocycles. The number of aryl methyl sites for hydroxylation is 3. The first-order valence-corrected chi connectivity index (χ1v) is 9.98.